The fourth-order valence-corrected chi connectivity index (χ4v) is 1.49. The summed E-state index contributed by atoms with van der Waals surface area (Å²) in [6.45, 7) is 0.271. The van der Waals surface area contributed by atoms with Crippen molar-refractivity contribution in [1.82, 2.24) is 14.8 Å². The Morgan fingerprint density at radius 3 is 2.78 bits per heavy atom. The first kappa shape index (κ1) is 12.4. The highest BCUT2D eigenvalue weighted by atomic mass is 19.4. The molecule has 0 fully saturated rings. The van der Waals surface area contributed by atoms with E-state index in [-0.39, 0.29) is 6.54 Å². The van der Waals surface area contributed by atoms with Crippen molar-refractivity contribution < 1.29 is 13.2 Å². The summed E-state index contributed by atoms with van der Waals surface area (Å²) >= 11 is 0. The van der Waals surface area contributed by atoms with Gasteiger partial charge in [-0.25, -0.2) is 0 Å². The van der Waals surface area contributed by atoms with Crippen LogP contribution in [-0.4, -0.2) is 21.8 Å². The van der Waals surface area contributed by atoms with Crippen molar-refractivity contribution in [2.75, 3.05) is 12.4 Å². The molecule has 2 aromatic rings. The molecule has 0 aliphatic heterocycles. The van der Waals surface area contributed by atoms with E-state index in [0.717, 1.165) is 18.0 Å². The lowest BCUT2D eigenvalue weighted by atomic mass is 10.2. The molecular weight excluding hydrogens is 245 g/mol. The van der Waals surface area contributed by atoms with Crippen LogP contribution in [0.15, 0.2) is 30.7 Å². The van der Waals surface area contributed by atoms with Crippen LogP contribution >= 0.6 is 0 Å². The average molecular weight is 256 g/mol. The first-order chi connectivity index (χ1) is 8.49. The monoisotopic (exact) mass is 256 g/mol. The van der Waals surface area contributed by atoms with Crippen molar-refractivity contribution in [2.45, 2.75) is 12.7 Å². The fraction of sp³-hybridized carbons (Fsp3) is 0.273. The fourth-order valence-electron chi connectivity index (χ4n) is 1.49. The van der Waals surface area contributed by atoms with E-state index in [1.165, 1.54) is 6.07 Å². The highest BCUT2D eigenvalue weighted by molar-refractivity contribution is 5.37. The third-order valence-corrected chi connectivity index (χ3v) is 2.38. The van der Waals surface area contributed by atoms with Gasteiger partial charge in [-0.15, -0.1) is 0 Å². The van der Waals surface area contributed by atoms with Gasteiger partial charge in [0.2, 0.25) is 0 Å². The Kier molecular flexibility index (Phi) is 3.22. The predicted molar refractivity (Wildman–Crippen MR) is 60.1 cm³/mol. The van der Waals surface area contributed by atoms with Gasteiger partial charge < -0.3 is 5.32 Å². The van der Waals surface area contributed by atoms with Crippen molar-refractivity contribution in [3.8, 4) is 0 Å². The molecule has 0 amide bonds. The summed E-state index contributed by atoms with van der Waals surface area (Å²) in [5.41, 5.74) is 0.421. The lowest BCUT2D eigenvalue weighted by Gasteiger charge is -2.07. The number of rotatable bonds is 3. The number of pyridine rings is 1. The minimum atomic E-state index is -4.42. The average Bonchev–Trinajstić information content (AvgIpc) is 2.76. The van der Waals surface area contributed by atoms with Crippen molar-refractivity contribution in [1.29, 1.82) is 0 Å². The molecule has 0 aliphatic carbocycles. The standard InChI is InChI=1S/C11H11F3N4/c1-15-9-5-17-18(7-9)6-8-2-3-16-10(4-8)11(12,13)14/h2-5,7,15H,6H2,1H3. The number of alkyl halides is 3. The maximum absolute atomic E-state index is 12.5. The van der Waals surface area contributed by atoms with E-state index >= 15 is 0 Å². The minimum Gasteiger partial charge on any atom is -0.386 e. The summed E-state index contributed by atoms with van der Waals surface area (Å²) < 4.78 is 39.0. The Hall–Kier alpha value is -2.05. The molecule has 0 atom stereocenters. The summed E-state index contributed by atoms with van der Waals surface area (Å²) in [7, 11) is 1.75. The van der Waals surface area contributed by atoms with Crippen LogP contribution in [0.4, 0.5) is 18.9 Å². The molecule has 4 nitrogen and oxygen atoms in total. The van der Waals surface area contributed by atoms with E-state index in [2.05, 4.69) is 15.4 Å². The second-order valence-electron chi connectivity index (χ2n) is 3.72. The maximum atomic E-state index is 12.5. The van der Waals surface area contributed by atoms with Gasteiger partial charge in [0.05, 0.1) is 18.4 Å². The van der Waals surface area contributed by atoms with Crippen molar-refractivity contribution >= 4 is 5.69 Å². The molecule has 96 valence electrons. The second-order valence-corrected chi connectivity index (χ2v) is 3.72. The molecule has 0 saturated heterocycles. The van der Waals surface area contributed by atoms with Gasteiger partial charge in [0.15, 0.2) is 0 Å². The third kappa shape index (κ3) is 2.79. The lowest BCUT2D eigenvalue weighted by Crippen LogP contribution is -2.09. The largest absolute Gasteiger partial charge is 0.433 e. The SMILES string of the molecule is CNc1cnn(Cc2ccnc(C(F)(F)F)c2)c1. The highest BCUT2D eigenvalue weighted by Crippen LogP contribution is 2.27. The number of hydrogen-bond donors (Lipinski definition) is 1. The molecule has 0 aliphatic rings. The molecule has 0 unspecified atom stereocenters. The Balaban J connectivity index is 2.19. The van der Waals surface area contributed by atoms with Crippen LogP contribution < -0.4 is 5.32 Å². The van der Waals surface area contributed by atoms with Crippen molar-refractivity contribution in [2.24, 2.45) is 0 Å². The van der Waals surface area contributed by atoms with E-state index in [4.69, 9.17) is 0 Å². The molecule has 18 heavy (non-hydrogen) atoms. The van der Waals surface area contributed by atoms with E-state index < -0.39 is 11.9 Å². The molecule has 0 bridgehead atoms. The number of halogens is 3. The molecule has 7 heteroatoms. The Morgan fingerprint density at radius 1 is 1.39 bits per heavy atom. The van der Waals surface area contributed by atoms with Gasteiger partial charge in [0, 0.05) is 19.4 Å². The molecule has 0 radical (unpaired) electrons. The Bertz CT molecular complexity index is 533. The zero-order valence-electron chi connectivity index (χ0n) is 9.57. The number of nitrogens with zero attached hydrogens (tertiary/aromatic N) is 3. The zero-order valence-corrected chi connectivity index (χ0v) is 9.57. The van der Waals surface area contributed by atoms with E-state index in [9.17, 15) is 13.2 Å². The van der Waals surface area contributed by atoms with Crippen LogP contribution in [0.5, 0.6) is 0 Å². The van der Waals surface area contributed by atoms with E-state index in [1.807, 2.05) is 0 Å². The van der Waals surface area contributed by atoms with E-state index in [0.29, 0.717) is 5.56 Å². The first-order valence-electron chi connectivity index (χ1n) is 5.21. The highest BCUT2D eigenvalue weighted by Gasteiger charge is 2.32. The summed E-state index contributed by atoms with van der Waals surface area (Å²) in [5, 5.41) is 6.92. The molecule has 0 saturated carbocycles. The van der Waals surface area contributed by atoms with Gasteiger partial charge in [-0.2, -0.15) is 18.3 Å². The van der Waals surface area contributed by atoms with Gasteiger partial charge in [0.1, 0.15) is 5.69 Å². The molecular formula is C11H11F3N4. The maximum Gasteiger partial charge on any atom is 0.433 e. The lowest BCUT2D eigenvalue weighted by molar-refractivity contribution is -0.141. The Labute approximate surface area is 101 Å². The summed E-state index contributed by atoms with van der Waals surface area (Å²) in [6.07, 6.45) is 0.0520. The van der Waals surface area contributed by atoms with Gasteiger partial charge >= 0.3 is 6.18 Å². The summed E-state index contributed by atoms with van der Waals surface area (Å²) in [4.78, 5) is 3.31. The molecule has 2 heterocycles. The molecule has 1 N–H and O–H groups in total. The number of nitrogens with one attached hydrogen (secondary N) is 1. The van der Waals surface area contributed by atoms with E-state index in [1.54, 1.807) is 24.1 Å². The molecule has 0 aromatic carbocycles. The van der Waals surface area contributed by atoms with Gasteiger partial charge in [0.25, 0.3) is 0 Å². The normalized spacial score (nSPS) is 11.6. The summed E-state index contributed by atoms with van der Waals surface area (Å²) in [5.74, 6) is 0. The Morgan fingerprint density at radius 2 is 2.17 bits per heavy atom. The number of hydrogen-bond acceptors (Lipinski definition) is 3. The second kappa shape index (κ2) is 4.67. The topological polar surface area (TPSA) is 42.7 Å². The van der Waals surface area contributed by atoms with Crippen LogP contribution in [0.2, 0.25) is 0 Å². The van der Waals surface area contributed by atoms with Gasteiger partial charge in [-0.1, -0.05) is 0 Å². The smallest absolute Gasteiger partial charge is 0.386 e. The molecule has 2 rings (SSSR count). The van der Waals surface area contributed by atoms with Crippen LogP contribution in [-0.2, 0) is 12.7 Å². The number of anilines is 1. The zero-order chi connectivity index (χ0) is 13.2. The van der Waals surface area contributed by atoms with Gasteiger partial charge in [-0.3, -0.25) is 9.67 Å². The van der Waals surface area contributed by atoms with Crippen LogP contribution in [0.3, 0.4) is 0 Å². The van der Waals surface area contributed by atoms with Crippen LogP contribution in [0.25, 0.3) is 0 Å². The van der Waals surface area contributed by atoms with Gasteiger partial charge in [-0.05, 0) is 17.7 Å². The number of aromatic nitrogens is 3. The van der Waals surface area contributed by atoms with Crippen molar-refractivity contribution in [3.05, 3.63) is 42.0 Å². The van der Waals surface area contributed by atoms with Crippen molar-refractivity contribution in [3.63, 3.8) is 0 Å². The minimum absolute atomic E-state index is 0.271. The van der Waals surface area contributed by atoms with Crippen LogP contribution in [0.1, 0.15) is 11.3 Å². The summed E-state index contributed by atoms with van der Waals surface area (Å²) in [6, 6.07) is 2.57. The first-order valence-corrected chi connectivity index (χ1v) is 5.21. The quantitative estimate of drug-likeness (QED) is 0.916. The predicted octanol–water partition coefficient (Wildman–Crippen LogP) is 2.39. The third-order valence-electron chi connectivity index (χ3n) is 2.38. The van der Waals surface area contributed by atoms with Crippen LogP contribution in [0, 0.1) is 0 Å². The molecule has 0 spiro atoms. The molecule has 2 aromatic heterocycles.